The lowest BCUT2D eigenvalue weighted by atomic mass is 9.94. The summed E-state index contributed by atoms with van der Waals surface area (Å²) in [5, 5.41) is 8.88. The summed E-state index contributed by atoms with van der Waals surface area (Å²) in [5.74, 6) is 2.24. The molecule has 0 saturated heterocycles. The van der Waals surface area contributed by atoms with Gasteiger partial charge in [-0.1, -0.05) is 30.3 Å². The van der Waals surface area contributed by atoms with Gasteiger partial charge < -0.3 is 10.3 Å². The highest BCUT2D eigenvalue weighted by Gasteiger charge is 2.50. The molecule has 0 spiro atoms. The topological polar surface area (TPSA) is 56.7 Å². The zero-order valence-electron chi connectivity index (χ0n) is 10.9. The van der Waals surface area contributed by atoms with Gasteiger partial charge in [-0.15, -0.1) is 10.2 Å². The number of nitrogens with two attached hydrogens (primary N) is 1. The number of aryl methyl sites for hydroxylation is 1. The molecule has 2 aliphatic rings. The molecule has 1 aromatic carbocycles. The minimum atomic E-state index is 0.101. The third-order valence-corrected chi connectivity index (χ3v) is 4.49. The number of hydrogen-bond donors (Lipinski definition) is 1. The summed E-state index contributed by atoms with van der Waals surface area (Å²) < 4.78 is 2.27. The molecular weight excluding hydrogens is 236 g/mol. The maximum Gasteiger partial charge on any atom is 0.143 e. The second-order valence-electron chi connectivity index (χ2n) is 5.80. The van der Waals surface area contributed by atoms with Crippen LogP contribution in [0.25, 0.3) is 0 Å². The molecule has 1 fully saturated rings. The predicted molar refractivity (Wildman–Crippen MR) is 72.8 cm³/mol. The SMILES string of the molecule is NC1CCc2nnc(C3(c4ccccc4)CC3)n2C1. The Bertz CT molecular complexity index is 598. The Hall–Kier alpha value is -1.68. The summed E-state index contributed by atoms with van der Waals surface area (Å²) in [6.45, 7) is 0.867. The maximum absolute atomic E-state index is 6.10. The fourth-order valence-corrected chi connectivity index (χ4v) is 3.23. The number of benzene rings is 1. The molecule has 1 atom stereocenters. The summed E-state index contributed by atoms with van der Waals surface area (Å²) in [7, 11) is 0. The van der Waals surface area contributed by atoms with Crippen LogP contribution in [0, 0.1) is 0 Å². The first-order chi connectivity index (χ1) is 9.29. The summed E-state index contributed by atoms with van der Waals surface area (Å²) >= 11 is 0. The van der Waals surface area contributed by atoms with E-state index in [1.807, 2.05) is 0 Å². The number of aromatic nitrogens is 3. The van der Waals surface area contributed by atoms with Gasteiger partial charge in [-0.2, -0.15) is 0 Å². The van der Waals surface area contributed by atoms with Crippen LogP contribution in [0.4, 0.5) is 0 Å². The van der Waals surface area contributed by atoms with E-state index >= 15 is 0 Å². The van der Waals surface area contributed by atoms with E-state index < -0.39 is 0 Å². The highest BCUT2D eigenvalue weighted by molar-refractivity contribution is 5.39. The van der Waals surface area contributed by atoms with Gasteiger partial charge >= 0.3 is 0 Å². The van der Waals surface area contributed by atoms with Crippen molar-refractivity contribution in [2.75, 3.05) is 0 Å². The van der Waals surface area contributed by atoms with Crippen molar-refractivity contribution in [2.45, 2.75) is 43.7 Å². The Labute approximate surface area is 112 Å². The van der Waals surface area contributed by atoms with Crippen molar-refractivity contribution in [3.63, 3.8) is 0 Å². The van der Waals surface area contributed by atoms with Crippen molar-refractivity contribution in [1.29, 1.82) is 0 Å². The monoisotopic (exact) mass is 254 g/mol. The summed E-state index contributed by atoms with van der Waals surface area (Å²) in [5.41, 5.74) is 7.57. The average Bonchev–Trinajstić information content (AvgIpc) is 3.15. The normalized spacial score (nSPS) is 23.9. The predicted octanol–water partition coefficient (Wildman–Crippen LogP) is 1.63. The van der Waals surface area contributed by atoms with E-state index in [9.17, 15) is 0 Å². The van der Waals surface area contributed by atoms with Gasteiger partial charge in [0.2, 0.25) is 0 Å². The molecule has 1 aliphatic carbocycles. The molecule has 4 nitrogen and oxygen atoms in total. The van der Waals surface area contributed by atoms with Crippen molar-refractivity contribution in [1.82, 2.24) is 14.8 Å². The highest BCUT2D eigenvalue weighted by atomic mass is 15.3. The van der Waals surface area contributed by atoms with E-state index in [4.69, 9.17) is 5.73 Å². The van der Waals surface area contributed by atoms with Crippen molar-refractivity contribution < 1.29 is 0 Å². The number of nitrogens with zero attached hydrogens (tertiary/aromatic N) is 3. The zero-order valence-corrected chi connectivity index (χ0v) is 10.9. The Kier molecular flexibility index (Phi) is 2.30. The van der Waals surface area contributed by atoms with Gasteiger partial charge in [-0.25, -0.2) is 0 Å². The van der Waals surface area contributed by atoms with Gasteiger partial charge in [0, 0.05) is 19.0 Å². The van der Waals surface area contributed by atoms with Crippen molar-refractivity contribution >= 4 is 0 Å². The molecule has 1 saturated carbocycles. The highest BCUT2D eigenvalue weighted by Crippen LogP contribution is 2.52. The molecule has 19 heavy (non-hydrogen) atoms. The minimum absolute atomic E-state index is 0.101. The van der Waals surface area contributed by atoms with Crippen LogP contribution in [0.15, 0.2) is 30.3 Å². The molecule has 2 aromatic rings. The van der Waals surface area contributed by atoms with Crippen LogP contribution in [0.5, 0.6) is 0 Å². The Morgan fingerprint density at radius 2 is 1.95 bits per heavy atom. The molecule has 1 aliphatic heterocycles. The summed E-state index contributed by atoms with van der Waals surface area (Å²) in [6, 6.07) is 10.9. The van der Waals surface area contributed by atoms with E-state index in [0.29, 0.717) is 0 Å². The average molecular weight is 254 g/mol. The molecule has 1 unspecified atom stereocenters. The lowest BCUT2D eigenvalue weighted by Crippen LogP contribution is -2.34. The minimum Gasteiger partial charge on any atom is -0.326 e. The Balaban J connectivity index is 1.80. The Morgan fingerprint density at radius 3 is 2.68 bits per heavy atom. The fraction of sp³-hybridized carbons (Fsp3) is 0.467. The Morgan fingerprint density at radius 1 is 1.16 bits per heavy atom. The molecule has 1 aromatic heterocycles. The van der Waals surface area contributed by atoms with Crippen LogP contribution in [-0.4, -0.2) is 20.8 Å². The largest absolute Gasteiger partial charge is 0.326 e. The lowest BCUT2D eigenvalue weighted by molar-refractivity contribution is 0.437. The first kappa shape index (κ1) is 11.2. The first-order valence-corrected chi connectivity index (χ1v) is 7.03. The molecule has 2 N–H and O–H groups in total. The van der Waals surface area contributed by atoms with E-state index in [2.05, 4.69) is 45.1 Å². The van der Waals surface area contributed by atoms with E-state index in [1.165, 1.54) is 18.4 Å². The maximum atomic E-state index is 6.10. The molecule has 4 rings (SSSR count). The van der Waals surface area contributed by atoms with Gasteiger partial charge in [0.1, 0.15) is 11.6 Å². The third-order valence-electron chi connectivity index (χ3n) is 4.49. The molecule has 0 bridgehead atoms. The molecule has 98 valence electrons. The first-order valence-electron chi connectivity index (χ1n) is 7.03. The van der Waals surface area contributed by atoms with E-state index in [0.717, 1.165) is 31.0 Å². The van der Waals surface area contributed by atoms with Crippen LogP contribution in [-0.2, 0) is 18.4 Å². The molecular formula is C15H18N4. The van der Waals surface area contributed by atoms with E-state index in [-0.39, 0.29) is 11.5 Å². The standard InChI is InChI=1S/C15H18N4/c16-12-6-7-13-17-18-14(19(13)10-12)15(8-9-15)11-4-2-1-3-5-11/h1-5,12H,6-10,16H2. The number of fused-ring (bicyclic) bond motifs is 1. The lowest BCUT2D eigenvalue weighted by Gasteiger charge is -2.24. The van der Waals surface area contributed by atoms with Gasteiger partial charge in [-0.3, -0.25) is 0 Å². The smallest absolute Gasteiger partial charge is 0.143 e. The van der Waals surface area contributed by atoms with Crippen molar-refractivity contribution in [2.24, 2.45) is 5.73 Å². The quantitative estimate of drug-likeness (QED) is 0.886. The van der Waals surface area contributed by atoms with E-state index in [1.54, 1.807) is 0 Å². The molecule has 2 heterocycles. The third kappa shape index (κ3) is 1.63. The summed E-state index contributed by atoms with van der Waals surface area (Å²) in [4.78, 5) is 0. The van der Waals surface area contributed by atoms with Crippen LogP contribution in [0.1, 0.15) is 36.5 Å². The van der Waals surface area contributed by atoms with Crippen LogP contribution in [0.3, 0.4) is 0 Å². The molecule has 0 radical (unpaired) electrons. The second-order valence-corrected chi connectivity index (χ2v) is 5.80. The molecule has 0 amide bonds. The zero-order chi connectivity index (χ0) is 12.9. The van der Waals surface area contributed by atoms with Gasteiger partial charge in [0.05, 0.1) is 5.41 Å². The molecule has 4 heteroatoms. The second kappa shape index (κ2) is 3.90. The summed E-state index contributed by atoms with van der Waals surface area (Å²) in [6.07, 6.45) is 4.32. The fourth-order valence-electron chi connectivity index (χ4n) is 3.23. The van der Waals surface area contributed by atoms with Crippen LogP contribution in [0.2, 0.25) is 0 Å². The van der Waals surface area contributed by atoms with Crippen LogP contribution < -0.4 is 5.73 Å². The van der Waals surface area contributed by atoms with Crippen molar-refractivity contribution in [3.8, 4) is 0 Å². The number of hydrogen-bond acceptors (Lipinski definition) is 3. The van der Waals surface area contributed by atoms with Gasteiger partial charge in [0.25, 0.3) is 0 Å². The van der Waals surface area contributed by atoms with Gasteiger partial charge in [-0.05, 0) is 24.8 Å². The number of rotatable bonds is 2. The van der Waals surface area contributed by atoms with Crippen molar-refractivity contribution in [3.05, 3.63) is 47.5 Å². The van der Waals surface area contributed by atoms with Gasteiger partial charge in [0.15, 0.2) is 0 Å². The van der Waals surface area contributed by atoms with Crippen LogP contribution >= 0.6 is 0 Å².